The number of rotatable bonds is 4. The fourth-order valence-corrected chi connectivity index (χ4v) is 6.49. The minimum absolute atomic E-state index is 0.117. The molecule has 8 heteroatoms. The number of nitrogens with zero attached hydrogens (tertiary/aromatic N) is 6. The highest BCUT2D eigenvalue weighted by molar-refractivity contribution is 5.76. The molecule has 0 spiro atoms. The van der Waals surface area contributed by atoms with E-state index >= 15 is 0 Å². The van der Waals surface area contributed by atoms with Crippen molar-refractivity contribution in [2.24, 2.45) is 7.05 Å². The van der Waals surface area contributed by atoms with Crippen molar-refractivity contribution in [1.29, 1.82) is 0 Å². The summed E-state index contributed by atoms with van der Waals surface area (Å²) >= 11 is 0. The third kappa shape index (κ3) is 4.33. The maximum Gasteiger partial charge on any atom is 0.219 e. The topological polar surface area (TPSA) is 68.4 Å². The molecule has 2 unspecified atom stereocenters. The van der Waals surface area contributed by atoms with Crippen LogP contribution in [0, 0.1) is 0 Å². The van der Waals surface area contributed by atoms with E-state index in [2.05, 4.69) is 69.4 Å². The Labute approximate surface area is 228 Å². The lowest BCUT2D eigenvalue weighted by Crippen LogP contribution is -2.36. The Bertz CT molecular complexity index is 1520. The normalized spacial score (nSPS) is 20.7. The van der Waals surface area contributed by atoms with Gasteiger partial charge in [0.1, 0.15) is 0 Å². The molecule has 8 nitrogen and oxygen atoms in total. The molecule has 0 bridgehead atoms. The van der Waals surface area contributed by atoms with Crippen molar-refractivity contribution in [2.75, 3.05) is 31.2 Å². The van der Waals surface area contributed by atoms with Gasteiger partial charge in [0.05, 0.1) is 25.4 Å². The van der Waals surface area contributed by atoms with Gasteiger partial charge in [-0.1, -0.05) is 36.4 Å². The van der Waals surface area contributed by atoms with Crippen molar-refractivity contribution in [3.8, 4) is 11.1 Å². The second-order valence-electron chi connectivity index (χ2n) is 11.1. The number of ether oxygens (including phenoxy) is 1. The highest BCUT2D eigenvalue weighted by Gasteiger charge is 2.35. The SMILES string of the molecule is CC(=O)N1CCc2c(c(N3CC(c4ccccc4)Cc4cc(-c5cnn(C)c5)ccc43)nn2C2CCOC2)C1. The molecule has 2 aromatic heterocycles. The van der Waals surface area contributed by atoms with Crippen LogP contribution in [0.2, 0.25) is 0 Å². The van der Waals surface area contributed by atoms with Gasteiger partial charge in [-0.3, -0.25) is 14.2 Å². The molecule has 2 atom stereocenters. The molecule has 4 aromatic rings. The van der Waals surface area contributed by atoms with Crippen LogP contribution >= 0.6 is 0 Å². The van der Waals surface area contributed by atoms with E-state index in [4.69, 9.17) is 9.84 Å². The molecule has 1 saturated heterocycles. The van der Waals surface area contributed by atoms with Crippen molar-refractivity contribution in [2.45, 2.75) is 44.7 Å². The van der Waals surface area contributed by atoms with Crippen LogP contribution in [0.4, 0.5) is 11.5 Å². The molecule has 0 aliphatic carbocycles. The molecule has 1 amide bonds. The number of amides is 1. The van der Waals surface area contributed by atoms with E-state index in [-0.39, 0.29) is 11.9 Å². The highest BCUT2D eigenvalue weighted by atomic mass is 16.5. The van der Waals surface area contributed by atoms with Crippen molar-refractivity contribution >= 4 is 17.4 Å². The number of benzene rings is 2. The van der Waals surface area contributed by atoms with Crippen molar-refractivity contribution in [3.63, 3.8) is 0 Å². The average Bonchev–Trinajstić information content (AvgIpc) is 3.72. The molecule has 0 saturated carbocycles. The number of aromatic nitrogens is 4. The first kappa shape index (κ1) is 24.2. The van der Waals surface area contributed by atoms with E-state index in [0.29, 0.717) is 19.1 Å². The third-order valence-electron chi connectivity index (χ3n) is 8.57. The summed E-state index contributed by atoms with van der Waals surface area (Å²) in [6.07, 6.45) is 6.75. The maximum atomic E-state index is 12.4. The smallest absolute Gasteiger partial charge is 0.219 e. The van der Waals surface area contributed by atoms with E-state index in [0.717, 1.165) is 50.3 Å². The van der Waals surface area contributed by atoms with Crippen LogP contribution < -0.4 is 4.90 Å². The first-order valence-electron chi connectivity index (χ1n) is 13.9. The Morgan fingerprint density at radius 3 is 2.72 bits per heavy atom. The van der Waals surface area contributed by atoms with Gasteiger partial charge in [0.25, 0.3) is 0 Å². The van der Waals surface area contributed by atoms with E-state index < -0.39 is 0 Å². The number of hydrogen-bond donors (Lipinski definition) is 0. The maximum absolute atomic E-state index is 12.4. The lowest BCUT2D eigenvalue weighted by atomic mass is 9.86. The van der Waals surface area contributed by atoms with Gasteiger partial charge in [-0.25, -0.2) is 0 Å². The van der Waals surface area contributed by atoms with Gasteiger partial charge in [-0.05, 0) is 41.7 Å². The second kappa shape index (κ2) is 9.68. The molecule has 200 valence electrons. The zero-order valence-electron chi connectivity index (χ0n) is 22.6. The minimum Gasteiger partial charge on any atom is -0.379 e. The Kier molecular flexibility index (Phi) is 6.00. The Balaban J connectivity index is 1.36. The lowest BCUT2D eigenvalue weighted by Gasteiger charge is -2.37. The van der Waals surface area contributed by atoms with Crippen LogP contribution in [0.15, 0.2) is 60.9 Å². The first-order chi connectivity index (χ1) is 19.0. The van der Waals surface area contributed by atoms with E-state index in [9.17, 15) is 4.79 Å². The Morgan fingerprint density at radius 1 is 1.10 bits per heavy atom. The van der Waals surface area contributed by atoms with Crippen LogP contribution in [-0.4, -0.2) is 56.7 Å². The summed E-state index contributed by atoms with van der Waals surface area (Å²) in [6.45, 7) is 5.31. The predicted octanol–water partition coefficient (Wildman–Crippen LogP) is 4.63. The molecular weight excluding hydrogens is 488 g/mol. The van der Waals surface area contributed by atoms with E-state index in [1.165, 1.54) is 33.6 Å². The van der Waals surface area contributed by atoms with E-state index in [1.54, 1.807) is 6.92 Å². The zero-order valence-corrected chi connectivity index (χ0v) is 22.6. The van der Waals surface area contributed by atoms with Gasteiger partial charge >= 0.3 is 0 Å². The molecule has 0 radical (unpaired) electrons. The predicted molar refractivity (Wildman–Crippen MR) is 150 cm³/mol. The first-order valence-corrected chi connectivity index (χ1v) is 13.9. The number of anilines is 2. The summed E-state index contributed by atoms with van der Waals surface area (Å²) in [4.78, 5) is 16.8. The molecule has 39 heavy (non-hydrogen) atoms. The average molecular weight is 523 g/mol. The minimum atomic E-state index is 0.117. The van der Waals surface area contributed by atoms with Gasteiger partial charge in [-0.15, -0.1) is 0 Å². The van der Waals surface area contributed by atoms with Gasteiger partial charge in [0, 0.05) is 74.7 Å². The summed E-state index contributed by atoms with van der Waals surface area (Å²) in [6, 6.07) is 17.8. The molecule has 7 rings (SSSR count). The zero-order chi connectivity index (χ0) is 26.5. The summed E-state index contributed by atoms with van der Waals surface area (Å²) in [5.41, 5.74) is 8.58. The lowest BCUT2D eigenvalue weighted by molar-refractivity contribution is -0.129. The van der Waals surface area contributed by atoms with Gasteiger partial charge < -0.3 is 14.5 Å². The number of aryl methyl sites for hydroxylation is 1. The van der Waals surface area contributed by atoms with Crippen LogP contribution in [0.3, 0.4) is 0 Å². The Morgan fingerprint density at radius 2 is 1.97 bits per heavy atom. The second-order valence-corrected chi connectivity index (χ2v) is 11.1. The van der Waals surface area contributed by atoms with Crippen molar-refractivity contribution < 1.29 is 9.53 Å². The number of carbonyl (C=O) groups is 1. The Hall–Kier alpha value is -3.91. The molecule has 2 aromatic carbocycles. The van der Waals surface area contributed by atoms with Gasteiger partial charge in [-0.2, -0.15) is 10.2 Å². The van der Waals surface area contributed by atoms with Crippen LogP contribution in [0.25, 0.3) is 11.1 Å². The number of fused-ring (bicyclic) bond motifs is 2. The quantitative estimate of drug-likeness (QED) is 0.391. The van der Waals surface area contributed by atoms with Crippen LogP contribution in [0.1, 0.15) is 47.7 Å². The summed E-state index contributed by atoms with van der Waals surface area (Å²) in [7, 11) is 1.95. The van der Waals surface area contributed by atoms with Crippen molar-refractivity contribution in [3.05, 3.63) is 83.3 Å². The fraction of sp³-hybridized carbons (Fsp3) is 0.387. The van der Waals surface area contributed by atoms with E-state index in [1.807, 2.05) is 22.8 Å². The van der Waals surface area contributed by atoms with Crippen LogP contribution in [0.5, 0.6) is 0 Å². The highest BCUT2D eigenvalue weighted by Crippen LogP contribution is 2.43. The molecule has 3 aliphatic heterocycles. The number of hydrogen-bond acceptors (Lipinski definition) is 5. The standard InChI is InChI=1S/C31H34N6O2/c1-21(38)35-12-10-30-28(19-35)31(33-37(30)27-11-13-39-20-27)36-18-25(22-6-4-3-5-7-22)15-24-14-23(8-9-29(24)36)26-16-32-34(2)17-26/h3-9,14,16-17,25,27H,10-13,15,18-20H2,1-2H3. The largest absolute Gasteiger partial charge is 0.379 e. The molecule has 5 heterocycles. The molecule has 0 N–H and O–H groups in total. The molecule has 1 fully saturated rings. The summed E-state index contributed by atoms with van der Waals surface area (Å²) < 4.78 is 9.83. The van der Waals surface area contributed by atoms with Gasteiger partial charge in [0.2, 0.25) is 5.91 Å². The summed E-state index contributed by atoms with van der Waals surface area (Å²) in [5.74, 6) is 1.43. The molecular formula is C31H34N6O2. The summed E-state index contributed by atoms with van der Waals surface area (Å²) in [5, 5.41) is 9.70. The molecule has 3 aliphatic rings. The van der Waals surface area contributed by atoms with Gasteiger partial charge in [0.15, 0.2) is 5.82 Å². The monoisotopic (exact) mass is 522 g/mol. The van der Waals surface area contributed by atoms with Crippen LogP contribution in [-0.2, 0) is 36.0 Å². The fourth-order valence-electron chi connectivity index (χ4n) is 6.49. The third-order valence-corrected chi connectivity index (χ3v) is 8.57. The van der Waals surface area contributed by atoms with Crippen molar-refractivity contribution in [1.82, 2.24) is 24.5 Å². The number of carbonyl (C=O) groups excluding carboxylic acids is 1.